The molecule has 0 spiro atoms. The summed E-state index contributed by atoms with van der Waals surface area (Å²) in [5.74, 6) is 1.13. The molecular weight excluding hydrogens is 520 g/mol. The molecular formula is C33H19ClN4S. The molecule has 0 saturated carbocycles. The minimum atomic E-state index is 0.179. The molecule has 0 saturated heterocycles. The second kappa shape index (κ2) is 8.73. The van der Waals surface area contributed by atoms with E-state index in [2.05, 4.69) is 124 Å². The van der Waals surface area contributed by atoms with Crippen LogP contribution in [0.2, 0.25) is 5.28 Å². The van der Waals surface area contributed by atoms with Gasteiger partial charge in [-0.1, -0.05) is 66.7 Å². The second-order valence-electron chi connectivity index (χ2n) is 9.45. The number of nitrogens with zero attached hydrogens (tertiary/aromatic N) is 4. The van der Waals surface area contributed by atoms with Crippen molar-refractivity contribution in [3.63, 3.8) is 0 Å². The van der Waals surface area contributed by atoms with Gasteiger partial charge < -0.3 is 4.57 Å². The molecule has 0 amide bonds. The van der Waals surface area contributed by atoms with Gasteiger partial charge in [0.25, 0.3) is 0 Å². The molecule has 0 unspecified atom stereocenters. The summed E-state index contributed by atoms with van der Waals surface area (Å²) < 4.78 is 4.73. The van der Waals surface area contributed by atoms with E-state index in [1.165, 1.54) is 36.6 Å². The fourth-order valence-electron chi connectivity index (χ4n) is 5.52. The number of aromatic nitrogens is 4. The standard InChI is InChI=1S/C33H19ClN4S/c34-33-36-31(35-32(37-33)25-11-7-15-29-30(25)24-10-3-6-14-28(24)39-29)20-16-18-21(19-17-20)38-26-12-4-1-8-22(26)23-9-2-5-13-27(23)38/h1-19H. The quantitative estimate of drug-likeness (QED) is 0.225. The molecule has 184 valence electrons. The summed E-state index contributed by atoms with van der Waals surface area (Å²) in [6.07, 6.45) is 0. The van der Waals surface area contributed by atoms with Gasteiger partial charge in [0, 0.05) is 47.8 Å². The zero-order chi connectivity index (χ0) is 25.9. The number of rotatable bonds is 3. The molecule has 39 heavy (non-hydrogen) atoms. The van der Waals surface area contributed by atoms with E-state index in [1.807, 2.05) is 6.07 Å². The highest BCUT2D eigenvalue weighted by atomic mass is 35.5. The Morgan fingerprint density at radius 2 is 1.15 bits per heavy atom. The van der Waals surface area contributed by atoms with Crippen LogP contribution >= 0.6 is 22.9 Å². The molecule has 0 aliphatic carbocycles. The molecule has 8 rings (SSSR count). The first-order valence-electron chi connectivity index (χ1n) is 12.7. The molecule has 4 nitrogen and oxygen atoms in total. The summed E-state index contributed by atoms with van der Waals surface area (Å²) in [5, 5.41) is 5.00. The van der Waals surface area contributed by atoms with E-state index in [0.29, 0.717) is 11.6 Å². The summed E-state index contributed by atoms with van der Waals surface area (Å²) in [6.45, 7) is 0. The van der Waals surface area contributed by atoms with Crippen LogP contribution in [0.4, 0.5) is 0 Å². The monoisotopic (exact) mass is 538 g/mol. The SMILES string of the molecule is Clc1nc(-c2ccc(-n3c4ccccc4c4ccccc43)cc2)nc(-c2cccc3sc4ccccc4c23)n1. The summed E-state index contributed by atoms with van der Waals surface area (Å²) >= 11 is 8.24. The molecule has 0 atom stereocenters. The topological polar surface area (TPSA) is 43.6 Å². The molecule has 0 fully saturated rings. The third kappa shape index (κ3) is 3.55. The molecule has 5 aromatic carbocycles. The van der Waals surface area contributed by atoms with E-state index in [9.17, 15) is 0 Å². The van der Waals surface area contributed by atoms with Crippen molar-refractivity contribution in [2.45, 2.75) is 0 Å². The van der Waals surface area contributed by atoms with Gasteiger partial charge >= 0.3 is 0 Å². The van der Waals surface area contributed by atoms with E-state index in [-0.39, 0.29) is 5.28 Å². The van der Waals surface area contributed by atoms with Crippen molar-refractivity contribution in [1.29, 1.82) is 0 Å². The van der Waals surface area contributed by atoms with Gasteiger partial charge in [-0.05, 0) is 60.1 Å². The third-order valence-corrected chi connectivity index (χ3v) is 8.52. The maximum Gasteiger partial charge on any atom is 0.226 e. The van der Waals surface area contributed by atoms with Crippen LogP contribution in [0.3, 0.4) is 0 Å². The molecule has 0 aliphatic rings. The van der Waals surface area contributed by atoms with Crippen molar-refractivity contribution in [3.8, 4) is 28.5 Å². The van der Waals surface area contributed by atoms with Gasteiger partial charge in [-0.3, -0.25) is 0 Å². The molecule has 6 heteroatoms. The normalized spacial score (nSPS) is 11.7. The molecule has 0 bridgehead atoms. The molecule has 0 aliphatic heterocycles. The Balaban J connectivity index is 1.26. The second-order valence-corrected chi connectivity index (χ2v) is 10.9. The number of para-hydroxylation sites is 2. The fourth-order valence-corrected chi connectivity index (χ4v) is 6.81. The molecule has 8 aromatic rings. The predicted octanol–water partition coefficient (Wildman–Crippen LogP) is 9.32. The lowest BCUT2D eigenvalue weighted by molar-refractivity contribution is 1.07. The Morgan fingerprint density at radius 3 is 1.90 bits per heavy atom. The van der Waals surface area contributed by atoms with Gasteiger partial charge in [0.15, 0.2) is 11.6 Å². The predicted molar refractivity (Wildman–Crippen MR) is 163 cm³/mol. The number of benzene rings is 5. The maximum atomic E-state index is 6.47. The van der Waals surface area contributed by atoms with Gasteiger partial charge in [-0.25, -0.2) is 4.98 Å². The first-order valence-corrected chi connectivity index (χ1v) is 13.9. The smallest absolute Gasteiger partial charge is 0.226 e. The summed E-state index contributed by atoms with van der Waals surface area (Å²) in [7, 11) is 0. The van der Waals surface area contributed by atoms with Gasteiger partial charge in [0.2, 0.25) is 5.28 Å². The Kier molecular flexibility index (Phi) is 5.02. The fraction of sp³-hybridized carbons (Fsp3) is 0. The first-order chi connectivity index (χ1) is 19.2. The molecule has 3 heterocycles. The zero-order valence-corrected chi connectivity index (χ0v) is 22.1. The van der Waals surface area contributed by atoms with E-state index in [4.69, 9.17) is 16.6 Å². The lowest BCUT2D eigenvalue weighted by atomic mass is 10.1. The number of hydrogen-bond acceptors (Lipinski definition) is 4. The zero-order valence-electron chi connectivity index (χ0n) is 20.5. The Labute approximate surface area is 232 Å². The highest BCUT2D eigenvalue weighted by Gasteiger charge is 2.16. The average Bonchev–Trinajstić information content (AvgIpc) is 3.53. The van der Waals surface area contributed by atoms with Crippen LogP contribution in [0.15, 0.2) is 115 Å². The average molecular weight is 539 g/mol. The third-order valence-electron chi connectivity index (χ3n) is 7.22. The van der Waals surface area contributed by atoms with E-state index in [0.717, 1.165) is 22.2 Å². The Bertz CT molecular complexity index is 2140. The number of fused-ring (bicyclic) bond motifs is 6. The van der Waals surface area contributed by atoms with Gasteiger partial charge in [-0.15, -0.1) is 11.3 Å². The Hall–Kier alpha value is -4.58. The minimum absolute atomic E-state index is 0.179. The van der Waals surface area contributed by atoms with Crippen molar-refractivity contribution in [2.75, 3.05) is 0 Å². The van der Waals surface area contributed by atoms with Gasteiger partial charge in [-0.2, -0.15) is 9.97 Å². The largest absolute Gasteiger partial charge is 0.309 e. The lowest BCUT2D eigenvalue weighted by Crippen LogP contribution is -1.98. The van der Waals surface area contributed by atoms with E-state index >= 15 is 0 Å². The number of thiophene rings is 1. The van der Waals surface area contributed by atoms with Crippen LogP contribution in [0.1, 0.15) is 0 Å². The summed E-state index contributed by atoms with van der Waals surface area (Å²) in [4.78, 5) is 13.9. The summed E-state index contributed by atoms with van der Waals surface area (Å²) in [5.41, 5.74) is 5.26. The summed E-state index contributed by atoms with van der Waals surface area (Å²) in [6, 6.07) is 40.0. The van der Waals surface area contributed by atoms with E-state index < -0.39 is 0 Å². The van der Waals surface area contributed by atoms with Gasteiger partial charge in [0.1, 0.15) is 0 Å². The van der Waals surface area contributed by atoms with Crippen LogP contribution in [-0.2, 0) is 0 Å². The molecule has 0 radical (unpaired) electrons. The highest BCUT2D eigenvalue weighted by Crippen LogP contribution is 2.39. The minimum Gasteiger partial charge on any atom is -0.309 e. The van der Waals surface area contributed by atoms with Crippen molar-refractivity contribution < 1.29 is 0 Å². The number of hydrogen-bond donors (Lipinski definition) is 0. The number of halogens is 1. The van der Waals surface area contributed by atoms with Gasteiger partial charge in [0.05, 0.1) is 11.0 Å². The van der Waals surface area contributed by atoms with Crippen LogP contribution < -0.4 is 0 Å². The first kappa shape index (κ1) is 22.4. The van der Waals surface area contributed by atoms with Crippen molar-refractivity contribution in [2.24, 2.45) is 0 Å². The van der Waals surface area contributed by atoms with E-state index in [1.54, 1.807) is 11.3 Å². The van der Waals surface area contributed by atoms with Crippen LogP contribution in [-0.4, -0.2) is 19.5 Å². The molecule has 3 aromatic heterocycles. The Morgan fingerprint density at radius 1 is 0.538 bits per heavy atom. The van der Waals surface area contributed by atoms with Crippen LogP contribution in [0.5, 0.6) is 0 Å². The van der Waals surface area contributed by atoms with Crippen molar-refractivity contribution in [1.82, 2.24) is 19.5 Å². The highest BCUT2D eigenvalue weighted by molar-refractivity contribution is 7.25. The maximum absolute atomic E-state index is 6.47. The molecule has 0 N–H and O–H groups in total. The van der Waals surface area contributed by atoms with Crippen LogP contribution in [0, 0.1) is 0 Å². The lowest BCUT2D eigenvalue weighted by Gasteiger charge is -2.10. The van der Waals surface area contributed by atoms with Crippen LogP contribution in [0.25, 0.3) is 70.4 Å². The van der Waals surface area contributed by atoms with Crippen molar-refractivity contribution in [3.05, 3.63) is 121 Å². The van der Waals surface area contributed by atoms with Crippen molar-refractivity contribution >= 4 is 64.9 Å².